The molecule has 1 aromatic heterocycles. The first-order valence-corrected chi connectivity index (χ1v) is 5.95. The van der Waals surface area contributed by atoms with Gasteiger partial charge in [-0.15, -0.1) is 0 Å². The van der Waals surface area contributed by atoms with Gasteiger partial charge in [-0.3, -0.25) is 14.8 Å². The molecule has 0 aliphatic heterocycles. The van der Waals surface area contributed by atoms with E-state index in [1.54, 1.807) is 16.8 Å². The molecule has 19 heavy (non-hydrogen) atoms. The van der Waals surface area contributed by atoms with Gasteiger partial charge in [0.05, 0.1) is 10.6 Å². The Morgan fingerprint density at radius 3 is 2.74 bits per heavy atom. The van der Waals surface area contributed by atoms with Crippen LogP contribution in [0.25, 0.3) is 0 Å². The number of rotatable bonds is 4. The van der Waals surface area contributed by atoms with E-state index >= 15 is 0 Å². The van der Waals surface area contributed by atoms with Crippen LogP contribution in [-0.4, -0.2) is 14.7 Å². The molecule has 0 saturated carbocycles. The van der Waals surface area contributed by atoms with E-state index in [1.807, 2.05) is 27.1 Å². The highest BCUT2D eigenvalue weighted by molar-refractivity contribution is 5.57. The number of benzene rings is 1. The zero-order chi connectivity index (χ0) is 14.0. The van der Waals surface area contributed by atoms with Crippen molar-refractivity contribution in [3.8, 4) is 0 Å². The van der Waals surface area contributed by atoms with Crippen molar-refractivity contribution in [3.63, 3.8) is 0 Å². The largest absolute Gasteiger partial charge is 0.380 e. The van der Waals surface area contributed by atoms with Gasteiger partial charge in [0.15, 0.2) is 0 Å². The van der Waals surface area contributed by atoms with Crippen LogP contribution in [0.5, 0.6) is 0 Å². The number of non-ortho nitro benzene ring substituents is 1. The third kappa shape index (κ3) is 2.90. The van der Waals surface area contributed by atoms with Gasteiger partial charge in [0.2, 0.25) is 0 Å². The predicted molar refractivity (Wildman–Crippen MR) is 73.1 cm³/mol. The molecule has 0 atom stereocenters. The highest BCUT2D eigenvalue weighted by Crippen LogP contribution is 2.22. The second-order valence-electron chi connectivity index (χ2n) is 4.52. The van der Waals surface area contributed by atoms with Crippen molar-refractivity contribution >= 4 is 11.4 Å². The first-order valence-electron chi connectivity index (χ1n) is 5.95. The Morgan fingerprint density at radius 1 is 1.42 bits per heavy atom. The molecule has 1 heterocycles. The van der Waals surface area contributed by atoms with Crippen molar-refractivity contribution in [1.29, 1.82) is 0 Å². The minimum atomic E-state index is -0.389. The Kier molecular flexibility index (Phi) is 3.50. The maximum Gasteiger partial charge on any atom is 0.271 e. The molecule has 6 heteroatoms. The lowest BCUT2D eigenvalue weighted by Crippen LogP contribution is -2.02. The minimum absolute atomic E-state index is 0.0935. The minimum Gasteiger partial charge on any atom is -0.380 e. The molecule has 0 unspecified atom stereocenters. The Labute approximate surface area is 111 Å². The fraction of sp³-hybridized carbons (Fsp3) is 0.308. The number of hydrogen-bond donors (Lipinski definition) is 1. The molecule has 1 aromatic carbocycles. The maximum absolute atomic E-state index is 10.8. The lowest BCUT2D eigenvalue weighted by molar-refractivity contribution is -0.384. The van der Waals surface area contributed by atoms with E-state index in [-0.39, 0.29) is 10.6 Å². The van der Waals surface area contributed by atoms with Crippen molar-refractivity contribution in [1.82, 2.24) is 9.78 Å². The number of hydrogen-bond acceptors (Lipinski definition) is 4. The van der Waals surface area contributed by atoms with Crippen LogP contribution in [0, 0.1) is 24.0 Å². The molecule has 0 saturated heterocycles. The van der Waals surface area contributed by atoms with Gasteiger partial charge in [0.1, 0.15) is 0 Å². The summed E-state index contributed by atoms with van der Waals surface area (Å²) in [5, 5.41) is 18.2. The summed E-state index contributed by atoms with van der Waals surface area (Å²) in [7, 11) is 1.87. The lowest BCUT2D eigenvalue weighted by Gasteiger charge is -2.08. The Morgan fingerprint density at radius 2 is 2.16 bits per heavy atom. The second kappa shape index (κ2) is 5.09. The van der Waals surface area contributed by atoms with Crippen molar-refractivity contribution < 1.29 is 4.92 Å². The molecule has 100 valence electrons. The molecular weight excluding hydrogens is 244 g/mol. The third-order valence-electron chi connectivity index (χ3n) is 3.02. The highest BCUT2D eigenvalue weighted by Gasteiger charge is 2.09. The van der Waals surface area contributed by atoms with Gasteiger partial charge in [-0.1, -0.05) is 6.07 Å². The van der Waals surface area contributed by atoms with Crippen LogP contribution in [0.15, 0.2) is 24.4 Å². The van der Waals surface area contributed by atoms with Gasteiger partial charge in [0.25, 0.3) is 5.69 Å². The Balaban J connectivity index is 2.17. The standard InChI is InChI=1S/C13H16N4O2/c1-9-4-5-12(17(18)19)6-13(9)14-7-11-8-16(3)15-10(11)2/h4-6,8,14H,7H2,1-3H3. The van der Waals surface area contributed by atoms with E-state index < -0.39 is 0 Å². The number of nitrogens with zero attached hydrogens (tertiary/aromatic N) is 3. The molecule has 0 fully saturated rings. The molecule has 1 N–H and O–H groups in total. The van der Waals surface area contributed by atoms with Crippen LogP contribution in [0.3, 0.4) is 0 Å². The topological polar surface area (TPSA) is 73.0 Å². The van der Waals surface area contributed by atoms with Crippen molar-refractivity contribution in [2.45, 2.75) is 20.4 Å². The number of anilines is 1. The Bertz CT molecular complexity index is 619. The molecule has 0 aliphatic carbocycles. The average molecular weight is 260 g/mol. The summed E-state index contributed by atoms with van der Waals surface area (Å²) in [6.07, 6.45) is 1.94. The van der Waals surface area contributed by atoms with Crippen molar-refractivity contribution in [2.24, 2.45) is 7.05 Å². The van der Waals surface area contributed by atoms with Crippen LogP contribution in [0.1, 0.15) is 16.8 Å². The summed E-state index contributed by atoms with van der Waals surface area (Å²) >= 11 is 0. The fourth-order valence-corrected chi connectivity index (χ4v) is 1.93. The van der Waals surface area contributed by atoms with Gasteiger partial charge in [-0.25, -0.2) is 0 Å². The smallest absolute Gasteiger partial charge is 0.271 e. The highest BCUT2D eigenvalue weighted by atomic mass is 16.6. The number of nitrogens with one attached hydrogen (secondary N) is 1. The summed E-state index contributed by atoms with van der Waals surface area (Å²) in [6.45, 7) is 4.46. The first kappa shape index (κ1) is 13.1. The van der Waals surface area contributed by atoms with Crippen molar-refractivity contribution in [2.75, 3.05) is 5.32 Å². The van der Waals surface area contributed by atoms with Gasteiger partial charge in [-0.2, -0.15) is 5.10 Å². The molecule has 2 aromatic rings. The fourth-order valence-electron chi connectivity index (χ4n) is 1.93. The first-order chi connectivity index (χ1) is 8.97. The third-order valence-corrected chi connectivity index (χ3v) is 3.02. The molecule has 6 nitrogen and oxygen atoms in total. The molecule has 0 aliphatic rings. The van der Waals surface area contributed by atoms with E-state index in [1.165, 1.54) is 6.07 Å². The van der Waals surface area contributed by atoms with Crippen LogP contribution in [0.2, 0.25) is 0 Å². The quantitative estimate of drug-likeness (QED) is 0.677. The van der Waals surface area contributed by atoms with E-state index in [0.717, 1.165) is 22.5 Å². The molecular formula is C13H16N4O2. The number of nitro benzene ring substituents is 1. The lowest BCUT2D eigenvalue weighted by atomic mass is 10.1. The molecule has 2 rings (SSSR count). The number of aryl methyl sites for hydroxylation is 3. The average Bonchev–Trinajstić information content (AvgIpc) is 2.66. The van der Waals surface area contributed by atoms with E-state index in [9.17, 15) is 10.1 Å². The molecule has 0 bridgehead atoms. The van der Waals surface area contributed by atoms with E-state index in [2.05, 4.69) is 10.4 Å². The number of nitro groups is 1. The van der Waals surface area contributed by atoms with Gasteiger partial charge >= 0.3 is 0 Å². The molecule has 0 spiro atoms. The Hall–Kier alpha value is -2.37. The van der Waals surface area contributed by atoms with Crippen LogP contribution >= 0.6 is 0 Å². The molecule has 0 radical (unpaired) electrons. The zero-order valence-electron chi connectivity index (χ0n) is 11.2. The maximum atomic E-state index is 10.8. The predicted octanol–water partition coefficient (Wildman–Crippen LogP) is 2.56. The van der Waals surface area contributed by atoms with E-state index in [4.69, 9.17) is 0 Å². The monoisotopic (exact) mass is 260 g/mol. The van der Waals surface area contributed by atoms with Crippen LogP contribution in [-0.2, 0) is 13.6 Å². The van der Waals surface area contributed by atoms with E-state index in [0.29, 0.717) is 6.54 Å². The van der Waals surface area contributed by atoms with Crippen LogP contribution < -0.4 is 5.32 Å². The van der Waals surface area contributed by atoms with Gasteiger partial charge in [-0.05, 0) is 19.4 Å². The number of aromatic nitrogens is 2. The van der Waals surface area contributed by atoms with Gasteiger partial charge in [0, 0.05) is 43.2 Å². The summed E-state index contributed by atoms with van der Waals surface area (Å²) in [5.41, 5.74) is 3.88. The van der Waals surface area contributed by atoms with Crippen molar-refractivity contribution in [3.05, 3.63) is 51.3 Å². The summed E-state index contributed by atoms with van der Waals surface area (Å²) in [6, 6.07) is 4.81. The summed E-state index contributed by atoms with van der Waals surface area (Å²) in [5.74, 6) is 0. The summed E-state index contributed by atoms with van der Waals surface area (Å²) < 4.78 is 1.76. The molecule has 0 amide bonds. The van der Waals surface area contributed by atoms with Gasteiger partial charge < -0.3 is 5.32 Å². The normalized spacial score (nSPS) is 10.5. The zero-order valence-corrected chi connectivity index (χ0v) is 11.2. The SMILES string of the molecule is Cc1ccc([N+](=O)[O-])cc1NCc1cn(C)nc1C. The summed E-state index contributed by atoms with van der Waals surface area (Å²) in [4.78, 5) is 10.4. The second-order valence-corrected chi connectivity index (χ2v) is 4.52. The van der Waals surface area contributed by atoms with Crippen LogP contribution in [0.4, 0.5) is 11.4 Å².